The molecule has 0 N–H and O–H groups in total. The van der Waals surface area contributed by atoms with E-state index in [0.29, 0.717) is 0 Å². The highest BCUT2D eigenvalue weighted by molar-refractivity contribution is 6.00. The second kappa shape index (κ2) is 17.1. The first kappa shape index (κ1) is 45.4. The lowest BCUT2D eigenvalue weighted by Gasteiger charge is -2.48. The molecule has 16 rings (SSSR count). The van der Waals surface area contributed by atoms with Crippen molar-refractivity contribution in [3.63, 3.8) is 0 Å². The molecule has 2 spiro atoms. The van der Waals surface area contributed by atoms with Crippen LogP contribution in [0.5, 0.6) is 0 Å². The first-order chi connectivity index (χ1) is 39.0. The number of nitrogens with zero attached hydrogens (tertiary/aromatic N) is 2. The molecule has 12 aromatic carbocycles. The Morgan fingerprint density at radius 2 is 0.506 bits per heavy atom. The topological polar surface area (TPSA) is 6.48 Å². The van der Waals surface area contributed by atoms with Crippen molar-refractivity contribution in [3.8, 4) is 44.5 Å². The summed E-state index contributed by atoms with van der Waals surface area (Å²) < 4.78 is 0. The van der Waals surface area contributed by atoms with Crippen molar-refractivity contribution in [3.05, 3.63) is 347 Å². The predicted octanol–water partition coefficient (Wildman–Crippen LogP) is 19.6. The minimum atomic E-state index is -0.594. The number of benzene rings is 12. The third kappa shape index (κ3) is 6.17. The molecular formula is C77H54N2. The van der Waals surface area contributed by atoms with E-state index in [0.717, 1.165) is 39.6 Å². The molecule has 0 heterocycles. The van der Waals surface area contributed by atoms with Gasteiger partial charge in [0.1, 0.15) is 0 Å². The Kier molecular flexibility index (Phi) is 9.85. The minimum Gasteiger partial charge on any atom is -0.310 e. The van der Waals surface area contributed by atoms with Crippen molar-refractivity contribution in [2.75, 3.05) is 9.80 Å². The summed E-state index contributed by atoms with van der Waals surface area (Å²) in [7, 11) is 0. The Bertz CT molecular complexity index is 4300. The Morgan fingerprint density at radius 3 is 0.949 bits per heavy atom. The van der Waals surface area contributed by atoms with E-state index in [9.17, 15) is 0 Å². The summed E-state index contributed by atoms with van der Waals surface area (Å²) in [5.74, 6) is 0. The van der Waals surface area contributed by atoms with Crippen LogP contribution in [0.25, 0.3) is 44.5 Å². The van der Waals surface area contributed by atoms with Crippen LogP contribution in [0.2, 0.25) is 0 Å². The molecule has 0 fully saturated rings. The van der Waals surface area contributed by atoms with Gasteiger partial charge in [-0.1, -0.05) is 244 Å². The molecule has 4 aliphatic carbocycles. The monoisotopic (exact) mass is 1010 g/mol. The van der Waals surface area contributed by atoms with Crippen LogP contribution in [-0.4, -0.2) is 0 Å². The summed E-state index contributed by atoms with van der Waals surface area (Å²) in [5, 5.41) is 0. The van der Waals surface area contributed by atoms with Crippen molar-refractivity contribution in [1.29, 1.82) is 0 Å². The molecule has 79 heavy (non-hydrogen) atoms. The third-order valence-electron chi connectivity index (χ3n) is 18.1. The molecule has 0 unspecified atom stereocenters. The van der Waals surface area contributed by atoms with Crippen LogP contribution in [0.15, 0.2) is 291 Å². The Labute approximate surface area is 462 Å². The Hall–Kier alpha value is -9.76. The van der Waals surface area contributed by atoms with Crippen molar-refractivity contribution in [2.45, 2.75) is 30.1 Å². The Morgan fingerprint density at radius 1 is 0.215 bits per heavy atom. The second-order valence-electron chi connectivity index (χ2n) is 22.2. The molecule has 0 bridgehead atoms. The summed E-state index contributed by atoms with van der Waals surface area (Å²) in [6.07, 6.45) is 0. The molecule has 4 aliphatic rings. The van der Waals surface area contributed by atoms with Crippen molar-refractivity contribution in [2.24, 2.45) is 0 Å². The lowest BCUT2D eigenvalue weighted by molar-refractivity contribution is 0.633. The number of para-hydroxylation sites is 2. The zero-order valence-corrected chi connectivity index (χ0v) is 44.1. The summed E-state index contributed by atoms with van der Waals surface area (Å²) in [6.45, 7) is 4.71. The zero-order chi connectivity index (χ0) is 52.5. The van der Waals surface area contributed by atoms with Gasteiger partial charge in [0.2, 0.25) is 0 Å². The van der Waals surface area contributed by atoms with Crippen molar-refractivity contribution in [1.82, 2.24) is 0 Å². The van der Waals surface area contributed by atoms with E-state index in [4.69, 9.17) is 0 Å². The molecule has 0 saturated carbocycles. The van der Waals surface area contributed by atoms with Crippen LogP contribution in [0.1, 0.15) is 69.5 Å². The normalized spacial score (nSPS) is 14.5. The van der Waals surface area contributed by atoms with Crippen LogP contribution in [0.4, 0.5) is 34.1 Å². The number of anilines is 6. The number of hydrogen-bond acceptors (Lipinski definition) is 2. The molecule has 0 radical (unpaired) electrons. The van der Waals surface area contributed by atoms with Gasteiger partial charge < -0.3 is 9.80 Å². The van der Waals surface area contributed by atoms with Gasteiger partial charge in [-0.25, -0.2) is 0 Å². The van der Waals surface area contributed by atoms with Gasteiger partial charge in [-0.3, -0.25) is 0 Å². The van der Waals surface area contributed by atoms with Gasteiger partial charge in [-0.15, -0.1) is 0 Å². The van der Waals surface area contributed by atoms with Gasteiger partial charge in [-0.05, 0) is 150 Å². The molecule has 0 saturated heterocycles. The van der Waals surface area contributed by atoms with E-state index in [1.807, 2.05) is 0 Å². The highest BCUT2D eigenvalue weighted by Gasteiger charge is 2.59. The van der Waals surface area contributed by atoms with Gasteiger partial charge in [0, 0.05) is 39.3 Å². The fourth-order valence-corrected chi connectivity index (χ4v) is 15.0. The molecule has 372 valence electrons. The second-order valence-corrected chi connectivity index (χ2v) is 22.2. The summed E-state index contributed by atoms with van der Waals surface area (Å²) in [5.41, 5.74) is 29.1. The molecule has 0 atom stereocenters. The third-order valence-corrected chi connectivity index (χ3v) is 18.1. The molecule has 12 aromatic rings. The predicted molar refractivity (Wildman–Crippen MR) is 327 cm³/mol. The van der Waals surface area contributed by atoms with Gasteiger partial charge in [0.25, 0.3) is 0 Å². The van der Waals surface area contributed by atoms with E-state index in [2.05, 4.69) is 315 Å². The zero-order valence-electron chi connectivity index (χ0n) is 44.1. The molecular weight excluding hydrogens is 953 g/mol. The molecule has 2 nitrogen and oxygen atoms in total. The smallest absolute Gasteiger partial charge is 0.0720 e. The Balaban J connectivity index is 0.830. The maximum absolute atomic E-state index is 2.47. The summed E-state index contributed by atoms with van der Waals surface area (Å²) in [6, 6.07) is 109. The van der Waals surface area contributed by atoms with E-state index < -0.39 is 10.8 Å². The SMILES string of the molecule is CC1(C)c2ccccc2-c2c(N(c3ccccc3)c3ccc(-c4ccc(N(c5ccccc5)c5cccc6c5-c5ccccc5C65c6ccccc6C6(c7ccccc7-c7ccccc76)c6ccccc65)cc4)cc3)cccc21. The largest absolute Gasteiger partial charge is 0.310 e. The number of fused-ring (bicyclic) bond motifs is 19. The van der Waals surface area contributed by atoms with Crippen LogP contribution < -0.4 is 9.80 Å². The highest BCUT2D eigenvalue weighted by atomic mass is 15.2. The van der Waals surface area contributed by atoms with Crippen LogP contribution in [0, 0.1) is 0 Å². The summed E-state index contributed by atoms with van der Waals surface area (Å²) in [4.78, 5) is 4.90. The molecule has 0 aliphatic heterocycles. The van der Waals surface area contributed by atoms with Crippen LogP contribution in [0.3, 0.4) is 0 Å². The maximum atomic E-state index is 2.47. The first-order valence-electron chi connectivity index (χ1n) is 27.8. The standard InChI is InChI=1S/C77H54N2/c1-75(2)61-31-13-11-29-59(61)73-69(75)39-21-41-71(73)78(53-23-5-3-6-24-53)55-47-43-51(44-48-55)52-45-49-56(50-46-52)79(54-25-7-4-8-26-54)72-42-22-40-70-74(72)60-30-12-16-34-64(60)77(70)67-37-19-17-35-65(67)76(66-36-18-20-38-68(66)77)62-32-14-9-27-57(62)58-28-10-15-33-63(58)76/h3-50H,1-2H3. The quantitative estimate of drug-likeness (QED) is 0.157. The van der Waals surface area contributed by atoms with Gasteiger partial charge >= 0.3 is 0 Å². The van der Waals surface area contributed by atoms with E-state index >= 15 is 0 Å². The van der Waals surface area contributed by atoms with Crippen LogP contribution >= 0.6 is 0 Å². The summed E-state index contributed by atoms with van der Waals surface area (Å²) >= 11 is 0. The van der Waals surface area contributed by atoms with Crippen molar-refractivity contribution < 1.29 is 0 Å². The molecule has 0 amide bonds. The lowest BCUT2D eigenvalue weighted by atomic mass is 9.52. The average molecular weight is 1010 g/mol. The molecule has 0 aromatic heterocycles. The average Bonchev–Trinajstić information content (AvgIpc) is 2.22. The van der Waals surface area contributed by atoms with Crippen LogP contribution in [-0.2, 0) is 16.2 Å². The van der Waals surface area contributed by atoms with Gasteiger partial charge in [0.05, 0.1) is 22.2 Å². The maximum Gasteiger partial charge on any atom is 0.0720 e. The highest BCUT2D eigenvalue weighted by Crippen LogP contribution is 2.68. The number of rotatable bonds is 7. The molecule has 2 heteroatoms. The van der Waals surface area contributed by atoms with Gasteiger partial charge in [0.15, 0.2) is 0 Å². The van der Waals surface area contributed by atoms with Gasteiger partial charge in [-0.2, -0.15) is 0 Å². The lowest BCUT2D eigenvalue weighted by Crippen LogP contribution is -2.43. The minimum absolute atomic E-state index is 0.0990. The van der Waals surface area contributed by atoms with E-state index in [1.54, 1.807) is 0 Å². The number of hydrogen-bond donors (Lipinski definition) is 0. The van der Waals surface area contributed by atoms with E-state index in [-0.39, 0.29) is 5.41 Å². The fourth-order valence-electron chi connectivity index (χ4n) is 15.0. The van der Waals surface area contributed by atoms with E-state index in [1.165, 1.54) is 94.7 Å². The van der Waals surface area contributed by atoms with Crippen molar-refractivity contribution >= 4 is 34.1 Å². The first-order valence-corrected chi connectivity index (χ1v) is 27.8. The fraction of sp³-hybridized carbons (Fsp3) is 0.0649.